The first-order valence-electron chi connectivity index (χ1n) is 14.0. The molecule has 43 heavy (non-hydrogen) atoms. The van der Waals surface area contributed by atoms with Crippen LogP contribution in [-0.4, -0.2) is 77.1 Å². The Hall–Kier alpha value is -4.53. The van der Waals surface area contributed by atoms with Crippen molar-refractivity contribution in [1.29, 1.82) is 0 Å². The number of aromatic nitrogens is 2. The van der Waals surface area contributed by atoms with Crippen LogP contribution in [0.25, 0.3) is 22.3 Å². The molecule has 1 aromatic carbocycles. The molecule has 2 amide bonds. The first-order chi connectivity index (χ1) is 20.8. The molecule has 0 unspecified atom stereocenters. The highest BCUT2D eigenvalue weighted by Gasteiger charge is 2.35. The number of hydrogen-bond acceptors (Lipinski definition) is 11. The Bertz CT molecular complexity index is 1700. The summed E-state index contributed by atoms with van der Waals surface area (Å²) in [5, 5.41) is 13.8. The van der Waals surface area contributed by atoms with Gasteiger partial charge in [0, 0.05) is 35.7 Å². The van der Waals surface area contributed by atoms with Gasteiger partial charge in [0.1, 0.15) is 19.9 Å². The van der Waals surface area contributed by atoms with Gasteiger partial charge in [0.2, 0.25) is 18.6 Å². The van der Waals surface area contributed by atoms with E-state index in [2.05, 4.69) is 5.32 Å². The van der Waals surface area contributed by atoms with E-state index in [9.17, 15) is 24.3 Å². The van der Waals surface area contributed by atoms with Gasteiger partial charge in [0.15, 0.2) is 17.6 Å². The molecule has 14 nitrogen and oxygen atoms in total. The number of ether oxygens (including phenoxy) is 4. The summed E-state index contributed by atoms with van der Waals surface area (Å²) in [5.74, 6) is -0.297. The third-order valence-corrected chi connectivity index (χ3v) is 7.83. The van der Waals surface area contributed by atoms with Crippen LogP contribution < -0.4 is 26.1 Å². The molecule has 226 valence electrons. The summed E-state index contributed by atoms with van der Waals surface area (Å²) in [6.07, 6.45) is -0.401. The molecule has 0 aliphatic carbocycles. The third kappa shape index (κ3) is 5.17. The van der Waals surface area contributed by atoms with Crippen LogP contribution in [0.4, 0.5) is 0 Å². The molecule has 0 fully saturated rings. The van der Waals surface area contributed by atoms with Gasteiger partial charge < -0.3 is 44.6 Å². The number of aliphatic hydroxyl groups is 1. The van der Waals surface area contributed by atoms with E-state index in [0.717, 1.165) is 22.9 Å². The second kappa shape index (κ2) is 11.6. The third-order valence-electron chi connectivity index (χ3n) is 7.83. The van der Waals surface area contributed by atoms with Gasteiger partial charge in [-0.2, -0.15) is 0 Å². The van der Waals surface area contributed by atoms with E-state index in [1.807, 2.05) is 13.0 Å². The van der Waals surface area contributed by atoms with Crippen molar-refractivity contribution in [3.05, 3.63) is 50.8 Å². The van der Waals surface area contributed by atoms with Crippen molar-refractivity contribution in [3.8, 4) is 22.9 Å². The number of esters is 1. The Morgan fingerprint density at radius 1 is 1.16 bits per heavy atom. The predicted octanol–water partition coefficient (Wildman–Crippen LogP) is 0.0742. The van der Waals surface area contributed by atoms with Crippen LogP contribution in [0.1, 0.15) is 41.7 Å². The molecule has 0 radical (unpaired) electrons. The van der Waals surface area contributed by atoms with Crippen LogP contribution in [-0.2, 0) is 43.4 Å². The van der Waals surface area contributed by atoms with Gasteiger partial charge >= 0.3 is 5.97 Å². The van der Waals surface area contributed by atoms with Crippen molar-refractivity contribution in [1.82, 2.24) is 19.8 Å². The summed E-state index contributed by atoms with van der Waals surface area (Å²) in [5.41, 5.74) is 8.72. The lowest BCUT2D eigenvalue weighted by molar-refractivity contribution is -0.157. The van der Waals surface area contributed by atoms with Gasteiger partial charge in [-0.3, -0.25) is 14.4 Å². The second-order valence-electron chi connectivity index (χ2n) is 10.4. The highest BCUT2D eigenvalue weighted by Crippen LogP contribution is 2.42. The summed E-state index contributed by atoms with van der Waals surface area (Å²) < 4.78 is 23.2. The quantitative estimate of drug-likeness (QED) is 0.128. The average Bonchev–Trinajstić information content (AvgIpc) is 3.62. The lowest BCUT2D eigenvalue weighted by Gasteiger charge is -2.23. The standard InChI is InChI=1S/C29H31N5O9/c1-2-4-33(25(36)12-40-13-31-24(35)9-30)5-3-15-16-7-22-23(43-14-42-22)8-20(16)32-26-18(15)10-34-21(26)6-17-19(28(34)38)11-41-29(39)27(17)37/h6-8,27,37H,2-5,9-14,30H2,1H3,(H,31,35)/t27-/m0/s1. The molecule has 5 heterocycles. The summed E-state index contributed by atoms with van der Waals surface area (Å²) in [6.45, 7) is 2.40. The number of nitrogens with one attached hydrogen (secondary N) is 1. The van der Waals surface area contributed by atoms with E-state index in [0.29, 0.717) is 47.9 Å². The molecule has 3 aromatic rings. The van der Waals surface area contributed by atoms with Crippen LogP contribution in [0.15, 0.2) is 23.0 Å². The Kier molecular flexibility index (Phi) is 7.73. The zero-order valence-corrected chi connectivity index (χ0v) is 23.5. The average molecular weight is 594 g/mol. The van der Waals surface area contributed by atoms with Crippen molar-refractivity contribution >= 4 is 28.7 Å². The number of pyridine rings is 2. The first-order valence-corrected chi connectivity index (χ1v) is 14.0. The molecule has 0 spiro atoms. The largest absolute Gasteiger partial charge is 0.458 e. The van der Waals surface area contributed by atoms with Crippen LogP contribution in [0.5, 0.6) is 11.5 Å². The number of fused-ring (bicyclic) bond motifs is 6. The SMILES string of the molecule is CCCN(CCc1c2c(nc3cc4c(cc13)OCO4)-c1cc3c(c(=O)n1C2)COC(=O)[C@H]3O)C(=O)COCNC(=O)CN. The Balaban J connectivity index is 1.36. The minimum atomic E-state index is -1.56. The summed E-state index contributed by atoms with van der Waals surface area (Å²) >= 11 is 0. The minimum Gasteiger partial charge on any atom is -0.458 e. The molecular weight excluding hydrogens is 562 g/mol. The molecule has 4 N–H and O–H groups in total. The molecule has 0 saturated heterocycles. The number of nitrogens with two attached hydrogens (primary N) is 1. The molecule has 14 heteroatoms. The smallest absolute Gasteiger partial charge is 0.340 e. The number of nitrogens with zero attached hydrogens (tertiary/aromatic N) is 3. The number of cyclic esters (lactones) is 1. The van der Waals surface area contributed by atoms with Gasteiger partial charge in [-0.15, -0.1) is 0 Å². The molecule has 3 aliphatic rings. The molecule has 1 atom stereocenters. The fourth-order valence-corrected chi connectivity index (χ4v) is 5.70. The zero-order chi connectivity index (χ0) is 30.2. The van der Waals surface area contributed by atoms with E-state index in [1.54, 1.807) is 21.6 Å². The minimum absolute atomic E-state index is 0.0869. The van der Waals surface area contributed by atoms with Crippen LogP contribution in [0.2, 0.25) is 0 Å². The van der Waals surface area contributed by atoms with Crippen molar-refractivity contribution in [2.45, 2.75) is 39.0 Å². The maximum atomic E-state index is 13.5. The molecule has 0 bridgehead atoms. The second-order valence-corrected chi connectivity index (χ2v) is 10.4. The molecular formula is C29H31N5O9. The molecule has 3 aliphatic heterocycles. The highest BCUT2D eigenvalue weighted by atomic mass is 16.7. The number of carbonyl (C=O) groups excluding carboxylic acids is 3. The number of carbonyl (C=O) groups is 3. The van der Waals surface area contributed by atoms with Crippen LogP contribution in [0.3, 0.4) is 0 Å². The van der Waals surface area contributed by atoms with E-state index < -0.39 is 12.1 Å². The van der Waals surface area contributed by atoms with Crippen molar-refractivity contribution < 1.29 is 38.4 Å². The fraction of sp³-hybridized carbons (Fsp3) is 0.414. The van der Waals surface area contributed by atoms with Crippen molar-refractivity contribution in [3.63, 3.8) is 0 Å². The summed E-state index contributed by atoms with van der Waals surface area (Å²) in [4.78, 5) is 56.6. The summed E-state index contributed by atoms with van der Waals surface area (Å²) in [6, 6.07) is 5.28. The van der Waals surface area contributed by atoms with E-state index in [1.165, 1.54) is 0 Å². The van der Waals surface area contributed by atoms with E-state index >= 15 is 0 Å². The van der Waals surface area contributed by atoms with Crippen molar-refractivity contribution in [2.75, 3.05) is 39.8 Å². The lowest BCUT2D eigenvalue weighted by atomic mass is 9.96. The summed E-state index contributed by atoms with van der Waals surface area (Å²) in [7, 11) is 0. The topological polar surface area (TPSA) is 185 Å². The number of rotatable bonds is 10. The molecule has 2 aromatic heterocycles. The zero-order valence-electron chi connectivity index (χ0n) is 23.5. The highest BCUT2D eigenvalue weighted by molar-refractivity contribution is 5.91. The Morgan fingerprint density at radius 2 is 1.95 bits per heavy atom. The van der Waals surface area contributed by atoms with Gasteiger partial charge in [0.05, 0.1) is 35.6 Å². The van der Waals surface area contributed by atoms with Gasteiger partial charge in [-0.05, 0) is 30.5 Å². The maximum absolute atomic E-state index is 13.5. The monoisotopic (exact) mass is 593 g/mol. The number of aliphatic hydroxyl groups excluding tert-OH is 1. The Labute approximate surface area is 245 Å². The van der Waals surface area contributed by atoms with Crippen LogP contribution in [0, 0.1) is 0 Å². The van der Waals surface area contributed by atoms with Crippen LogP contribution >= 0.6 is 0 Å². The lowest BCUT2D eigenvalue weighted by Crippen LogP contribution is -2.38. The van der Waals surface area contributed by atoms with Gasteiger partial charge in [0.25, 0.3) is 5.56 Å². The van der Waals surface area contributed by atoms with Crippen molar-refractivity contribution in [2.24, 2.45) is 5.73 Å². The molecule has 0 saturated carbocycles. The predicted molar refractivity (Wildman–Crippen MR) is 150 cm³/mol. The fourth-order valence-electron chi connectivity index (χ4n) is 5.70. The molecule has 6 rings (SSSR count). The normalized spacial score (nSPS) is 16.0. The van der Waals surface area contributed by atoms with Gasteiger partial charge in [-0.25, -0.2) is 9.78 Å². The van der Waals surface area contributed by atoms with Gasteiger partial charge in [-0.1, -0.05) is 6.92 Å². The number of hydrogen-bond donors (Lipinski definition) is 3. The van der Waals surface area contributed by atoms with E-state index in [-0.39, 0.29) is 68.3 Å². The first kappa shape index (κ1) is 28.6. The maximum Gasteiger partial charge on any atom is 0.340 e. The van der Waals surface area contributed by atoms with E-state index in [4.69, 9.17) is 29.7 Å². The Morgan fingerprint density at radius 3 is 2.72 bits per heavy atom. The number of amides is 2. The number of benzene rings is 1.